The van der Waals surface area contributed by atoms with E-state index in [2.05, 4.69) is 19.2 Å². The van der Waals surface area contributed by atoms with Crippen molar-refractivity contribution >= 4 is 8.80 Å². The minimum atomic E-state index is -2.41. The maximum Gasteiger partial charge on any atom is 0.500 e. The standard InChI is InChI=1S/C13H31NO3Si/c1-6-15-18(16-7-2,17-8-3)11-9-10-14-12-13(4)5/h13-14H,6-12H2,1-5H3. The van der Waals surface area contributed by atoms with Crippen LogP contribution in [0.1, 0.15) is 41.0 Å². The number of rotatable bonds is 12. The highest BCUT2D eigenvalue weighted by Crippen LogP contribution is 2.17. The first kappa shape index (κ1) is 18.1. The molecule has 0 rings (SSSR count). The van der Waals surface area contributed by atoms with Crippen LogP contribution in [-0.4, -0.2) is 41.7 Å². The van der Waals surface area contributed by atoms with Crippen molar-refractivity contribution in [1.82, 2.24) is 5.32 Å². The summed E-state index contributed by atoms with van der Waals surface area (Å²) in [5.74, 6) is 0.692. The predicted molar refractivity (Wildman–Crippen MR) is 77.8 cm³/mol. The fraction of sp³-hybridized carbons (Fsp3) is 1.00. The molecule has 0 aliphatic carbocycles. The fourth-order valence-corrected chi connectivity index (χ4v) is 4.43. The molecule has 0 radical (unpaired) electrons. The van der Waals surface area contributed by atoms with Crippen LogP contribution in [0.3, 0.4) is 0 Å². The summed E-state index contributed by atoms with van der Waals surface area (Å²) in [6.45, 7) is 14.5. The van der Waals surface area contributed by atoms with Gasteiger partial charge in [-0.05, 0) is 46.2 Å². The van der Waals surface area contributed by atoms with E-state index < -0.39 is 8.80 Å². The van der Waals surface area contributed by atoms with E-state index in [1.807, 2.05) is 20.8 Å². The molecule has 18 heavy (non-hydrogen) atoms. The quantitative estimate of drug-likeness (QED) is 0.440. The molecule has 110 valence electrons. The molecule has 0 fully saturated rings. The van der Waals surface area contributed by atoms with Crippen LogP contribution >= 0.6 is 0 Å². The van der Waals surface area contributed by atoms with Gasteiger partial charge in [-0.2, -0.15) is 0 Å². The summed E-state index contributed by atoms with van der Waals surface area (Å²) in [5.41, 5.74) is 0. The van der Waals surface area contributed by atoms with Crippen molar-refractivity contribution in [2.45, 2.75) is 47.1 Å². The molecule has 4 nitrogen and oxygen atoms in total. The van der Waals surface area contributed by atoms with Crippen molar-refractivity contribution in [2.75, 3.05) is 32.9 Å². The van der Waals surface area contributed by atoms with E-state index in [0.717, 1.165) is 25.6 Å². The van der Waals surface area contributed by atoms with Crippen molar-refractivity contribution in [3.63, 3.8) is 0 Å². The molecule has 0 aromatic heterocycles. The smallest absolute Gasteiger partial charge is 0.374 e. The molecule has 0 unspecified atom stereocenters. The highest BCUT2D eigenvalue weighted by molar-refractivity contribution is 6.60. The normalized spacial score (nSPS) is 12.3. The lowest BCUT2D eigenvalue weighted by atomic mass is 10.2. The number of nitrogens with one attached hydrogen (secondary N) is 1. The van der Waals surface area contributed by atoms with E-state index in [0.29, 0.717) is 25.7 Å². The molecule has 1 N–H and O–H groups in total. The average Bonchev–Trinajstić information content (AvgIpc) is 2.29. The summed E-state index contributed by atoms with van der Waals surface area (Å²) in [6.07, 6.45) is 1.04. The zero-order valence-electron chi connectivity index (χ0n) is 12.8. The summed E-state index contributed by atoms with van der Waals surface area (Å²) in [7, 11) is -2.41. The molecule has 0 aliphatic heterocycles. The zero-order chi connectivity index (χ0) is 13.9. The minimum absolute atomic E-state index is 0.658. The molecule has 0 aromatic rings. The minimum Gasteiger partial charge on any atom is -0.374 e. The first-order chi connectivity index (χ1) is 8.60. The topological polar surface area (TPSA) is 39.7 Å². The molecular formula is C13H31NO3Si. The third-order valence-corrected chi connectivity index (χ3v) is 5.63. The molecule has 5 heteroatoms. The Hall–Kier alpha value is 0.0569. The Morgan fingerprint density at radius 3 is 1.83 bits per heavy atom. The highest BCUT2D eigenvalue weighted by Gasteiger charge is 2.39. The molecular weight excluding hydrogens is 246 g/mol. The molecule has 0 saturated heterocycles. The first-order valence-electron chi connectivity index (χ1n) is 7.22. The molecule has 0 saturated carbocycles. The highest BCUT2D eigenvalue weighted by atomic mass is 28.4. The largest absolute Gasteiger partial charge is 0.500 e. The second-order valence-electron chi connectivity index (χ2n) is 4.68. The Labute approximate surface area is 114 Å². The summed E-state index contributed by atoms with van der Waals surface area (Å²) in [6, 6.07) is 0.896. The van der Waals surface area contributed by atoms with Gasteiger partial charge in [0.1, 0.15) is 0 Å². The lowest BCUT2D eigenvalue weighted by Gasteiger charge is -2.28. The molecule has 0 spiro atoms. The number of hydrogen-bond acceptors (Lipinski definition) is 4. The molecule has 0 amide bonds. The lowest BCUT2D eigenvalue weighted by Crippen LogP contribution is -2.46. The van der Waals surface area contributed by atoms with Gasteiger partial charge in [-0.25, -0.2) is 0 Å². The second-order valence-corrected chi connectivity index (χ2v) is 7.42. The molecule has 0 aliphatic rings. The van der Waals surface area contributed by atoms with Gasteiger partial charge in [-0.15, -0.1) is 0 Å². The van der Waals surface area contributed by atoms with Gasteiger partial charge in [-0.3, -0.25) is 0 Å². The van der Waals surface area contributed by atoms with E-state index in [1.54, 1.807) is 0 Å². The van der Waals surface area contributed by atoms with Crippen molar-refractivity contribution in [3.05, 3.63) is 0 Å². The Bertz CT molecular complexity index is 174. The van der Waals surface area contributed by atoms with E-state index >= 15 is 0 Å². The summed E-state index contributed by atoms with van der Waals surface area (Å²) < 4.78 is 17.4. The fourth-order valence-electron chi connectivity index (χ4n) is 1.82. The summed E-state index contributed by atoms with van der Waals surface area (Å²) in [4.78, 5) is 0. The third-order valence-electron chi connectivity index (χ3n) is 2.48. The van der Waals surface area contributed by atoms with Crippen molar-refractivity contribution < 1.29 is 13.3 Å². The zero-order valence-corrected chi connectivity index (χ0v) is 13.8. The lowest BCUT2D eigenvalue weighted by molar-refractivity contribution is 0.0708. The van der Waals surface area contributed by atoms with Crippen LogP contribution in [0.5, 0.6) is 0 Å². The van der Waals surface area contributed by atoms with Crippen molar-refractivity contribution in [1.29, 1.82) is 0 Å². The van der Waals surface area contributed by atoms with Gasteiger partial charge in [-0.1, -0.05) is 13.8 Å². The Morgan fingerprint density at radius 2 is 1.44 bits per heavy atom. The van der Waals surface area contributed by atoms with Crippen LogP contribution in [0.2, 0.25) is 6.04 Å². The van der Waals surface area contributed by atoms with Crippen LogP contribution < -0.4 is 5.32 Å². The maximum atomic E-state index is 5.80. The molecule has 0 heterocycles. The van der Waals surface area contributed by atoms with Crippen molar-refractivity contribution in [2.24, 2.45) is 5.92 Å². The Balaban J connectivity index is 4.04. The van der Waals surface area contributed by atoms with E-state index in [-0.39, 0.29) is 0 Å². The maximum absolute atomic E-state index is 5.80. The van der Waals surface area contributed by atoms with Crippen LogP contribution in [0.15, 0.2) is 0 Å². The number of hydrogen-bond donors (Lipinski definition) is 1. The molecule has 0 atom stereocenters. The monoisotopic (exact) mass is 277 g/mol. The van der Waals surface area contributed by atoms with Gasteiger partial charge in [0, 0.05) is 25.9 Å². The Morgan fingerprint density at radius 1 is 0.944 bits per heavy atom. The van der Waals surface area contributed by atoms with Crippen LogP contribution in [-0.2, 0) is 13.3 Å². The van der Waals surface area contributed by atoms with E-state index in [4.69, 9.17) is 13.3 Å². The van der Waals surface area contributed by atoms with Gasteiger partial charge in [0.05, 0.1) is 0 Å². The first-order valence-corrected chi connectivity index (χ1v) is 9.16. The van der Waals surface area contributed by atoms with E-state index in [9.17, 15) is 0 Å². The van der Waals surface area contributed by atoms with Crippen LogP contribution in [0.25, 0.3) is 0 Å². The van der Waals surface area contributed by atoms with Crippen molar-refractivity contribution in [3.8, 4) is 0 Å². The van der Waals surface area contributed by atoms with Crippen LogP contribution in [0.4, 0.5) is 0 Å². The van der Waals surface area contributed by atoms with Gasteiger partial charge in [0.25, 0.3) is 0 Å². The summed E-state index contributed by atoms with van der Waals surface area (Å²) >= 11 is 0. The van der Waals surface area contributed by atoms with Gasteiger partial charge in [0.15, 0.2) is 0 Å². The SMILES string of the molecule is CCO[Si](CCCNCC(C)C)(OCC)OCC. The molecule has 0 aromatic carbocycles. The predicted octanol–water partition coefficient (Wildman–Crippen LogP) is 2.67. The van der Waals surface area contributed by atoms with Gasteiger partial charge >= 0.3 is 8.80 Å². The van der Waals surface area contributed by atoms with Gasteiger partial charge in [0.2, 0.25) is 0 Å². The van der Waals surface area contributed by atoms with E-state index in [1.165, 1.54) is 0 Å². The summed E-state index contributed by atoms with van der Waals surface area (Å²) in [5, 5.41) is 3.44. The Kier molecular flexibility index (Phi) is 11.0. The second kappa shape index (κ2) is 10.9. The van der Waals surface area contributed by atoms with Gasteiger partial charge < -0.3 is 18.6 Å². The molecule has 0 bridgehead atoms. The third kappa shape index (κ3) is 8.21. The average molecular weight is 277 g/mol. The van der Waals surface area contributed by atoms with Crippen LogP contribution in [0, 0.1) is 5.92 Å².